The summed E-state index contributed by atoms with van der Waals surface area (Å²) in [6.45, 7) is 5.58. The number of pyridine rings is 1. The molecule has 5 rings (SSSR count). The summed E-state index contributed by atoms with van der Waals surface area (Å²) in [6, 6.07) is 8.25. The number of hydrogen-bond donors (Lipinski definition) is 1. The lowest BCUT2D eigenvalue weighted by Gasteiger charge is -2.38. The zero-order valence-electron chi connectivity index (χ0n) is 19.2. The van der Waals surface area contributed by atoms with Crippen LogP contribution in [0.1, 0.15) is 36.4 Å². The van der Waals surface area contributed by atoms with Crippen LogP contribution in [-0.4, -0.2) is 72.9 Å². The fraction of sp³-hybridized carbons (Fsp3) is 0.520. The highest BCUT2D eigenvalue weighted by molar-refractivity contribution is 6.31. The summed E-state index contributed by atoms with van der Waals surface area (Å²) in [4.78, 5) is 21.6. The monoisotopic (exact) mass is 486 g/mol. The Hall–Kier alpha value is -2.39. The fourth-order valence-corrected chi connectivity index (χ4v) is 5.24. The first kappa shape index (κ1) is 23.4. The highest BCUT2D eigenvalue weighted by atomic mass is 35.5. The molecular formula is C25H31ClN4O4. The molecule has 2 aromatic rings. The molecule has 9 heteroatoms. The zero-order valence-corrected chi connectivity index (χ0v) is 20.0. The van der Waals surface area contributed by atoms with E-state index < -0.39 is 0 Å². The largest absolute Gasteiger partial charge is 0.454 e. The molecule has 4 heterocycles. The number of ether oxygens (including phenoxy) is 3. The van der Waals surface area contributed by atoms with Gasteiger partial charge in [-0.3, -0.25) is 14.7 Å². The van der Waals surface area contributed by atoms with Crippen LogP contribution in [0, 0.1) is 0 Å². The summed E-state index contributed by atoms with van der Waals surface area (Å²) in [6.07, 6.45) is 6.08. The van der Waals surface area contributed by atoms with Gasteiger partial charge in [-0.1, -0.05) is 11.6 Å². The van der Waals surface area contributed by atoms with Gasteiger partial charge in [-0.25, -0.2) is 0 Å². The van der Waals surface area contributed by atoms with Crippen molar-refractivity contribution >= 4 is 17.5 Å². The van der Waals surface area contributed by atoms with E-state index in [0.717, 1.165) is 57.0 Å². The lowest BCUT2D eigenvalue weighted by molar-refractivity contribution is -0.130. The van der Waals surface area contributed by atoms with Crippen molar-refractivity contribution in [3.63, 3.8) is 0 Å². The van der Waals surface area contributed by atoms with E-state index in [4.69, 9.17) is 25.8 Å². The average molecular weight is 487 g/mol. The summed E-state index contributed by atoms with van der Waals surface area (Å²) in [5.41, 5.74) is 2.18. The van der Waals surface area contributed by atoms with Crippen molar-refractivity contribution in [1.29, 1.82) is 0 Å². The normalized spacial score (nSPS) is 21.3. The third kappa shape index (κ3) is 5.30. The maximum Gasteiger partial charge on any atom is 0.231 e. The van der Waals surface area contributed by atoms with Crippen molar-refractivity contribution in [2.24, 2.45) is 0 Å². The van der Waals surface area contributed by atoms with Gasteiger partial charge >= 0.3 is 0 Å². The van der Waals surface area contributed by atoms with Crippen LogP contribution in [0.25, 0.3) is 0 Å². The molecule has 182 valence electrons. The number of fused-ring (bicyclic) bond motifs is 1. The molecule has 1 N–H and O–H groups in total. The Morgan fingerprint density at radius 1 is 1.15 bits per heavy atom. The standard InChI is InChI=1S/C25H31ClN4O4/c26-21-14-24-23(33-17-34-24)13-19(21)15-28-8-5-20-1-2-25(31)30(20)16-22(18-3-6-27-7-4-18)29-9-11-32-12-10-29/h3-4,6-7,13-14,20,22,28H,1-2,5,8-12,15-17H2/t20-,22-/m1/s1. The Balaban J connectivity index is 1.19. The summed E-state index contributed by atoms with van der Waals surface area (Å²) < 4.78 is 16.4. The van der Waals surface area contributed by atoms with Gasteiger partial charge in [0.25, 0.3) is 0 Å². The first-order valence-corrected chi connectivity index (χ1v) is 12.4. The SMILES string of the molecule is O=C1CC[C@H](CCNCc2cc3c(cc2Cl)OCO3)N1C[C@H](c1ccncc1)N1CCOCC1. The number of amides is 1. The lowest BCUT2D eigenvalue weighted by atomic mass is 10.0. The minimum absolute atomic E-state index is 0.150. The second-order valence-electron chi connectivity index (χ2n) is 8.95. The molecule has 0 saturated carbocycles. The molecule has 2 atom stereocenters. The number of aromatic nitrogens is 1. The minimum atomic E-state index is 0.150. The molecule has 0 bridgehead atoms. The Kier molecular flexibility index (Phi) is 7.49. The molecule has 1 aromatic carbocycles. The average Bonchev–Trinajstić information content (AvgIpc) is 3.47. The molecule has 0 spiro atoms. The van der Waals surface area contributed by atoms with Crippen LogP contribution in [0.15, 0.2) is 36.7 Å². The van der Waals surface area contributed by atoms with Crippen LogP contribution in [0.4, 0.5) is 0 Å². The number of hydrogen-bond acceptors (Lipinski definition) is 7. The second kappa shape index (κ2) is 10.9. The Morgan fingerprint density at radius 2 is 1.91 bits per heavy atom. The van der Waals surface area contributed by atoms with E-state index in [1.165, 1.54) is 5.56 Å². The molecular weight excluding hydrogens is 456 g/mol. The first-order valence-electron chi connectivity index (χ1n) is 12.0. The molecule has 1 amide bonds. The van der Waals surface area contributed by atoms with Gasteiger partial charge in [0, 0.05) is 62.1 Å². The number of halogens is 1. The maximum atomic E-state index is 12.8. The van der Waals surface area contributed by atoms with Gasteiger partial charge < -0.3 is 24.4 Å². The van der Waals surface area contributed by atoms with Gasteiger partial charge in [0.2, 0.25) is 12.7 Å². The summed E-state index contributed by atoms with van der Waals surface area (Å²) in [5.74, 6) is 1.67. The molecule has 3 aliphatic rings. The van der Waals surface area contributed by atoms with E-state index in [1.807, 2.05) is 24.5 Å². The quantitative estimate of drug-likeness (QED) is 0.546. The third-order valence-electron chi connectivity index (χ3n) is 6.91. The summed E-state index contributed by atoms with van der Waals surface area (Å²) in [7, 11) is 0. The van der Waals surface area contributed by atoms with Gasteiger partial charge in [-0.15, -0.1) is 0 Å². The Labute approximate surface area is 205 Å². The number of carbonyl (C=O) groups is 1. The van der Waals surface area contributed by atoms with Crippen LogP contribution in [0.2, 0.25) is 5.02 Å². The van der Waals surface area contributed by atoms with Crippen molar-refractivity contribution in [3.05, 3.63) is 52.8 Å². The maximum absolute atomic E-state index is 12.8. The van der Waals surface area contributed by atoms with Crippen molar-refractivity contribution < 1.29 is 19.0 Å². The van der Waals surface area contributed by atoms with Gasteiger partial charge in [0.05, 0.1) is 19.3 Å². The van der Waals surface area contributed by atoms with Gasteiger partial charge in [0.1, 0.15) is 0 Å². The van der Waals surface area contributed by atoms with Crippen molar-refractivity contribution in [3.8, 4) is 11.5 Å². The van der Waals surface area contributed by atoms with Gasteiger partial charge in [0.15, 0.2) is 11.5 Å². The molecule has 3 aliphatic heterocycles. The van der Waals surface area contributed by atoms with E-state index >= 15 is 0 Å². The van der Waals surface area contributed by atoms with Crippen LogP contribution in [0.5, 0.6) is 11.5 Å². The molecule has 2 saturated heterocycles. The number of nitrogens with zero attached hydrogens (tertiary/aromatic N) is 3. The number of morpholine rings is 1. The molecule has 0 aliphatic carbocycles. The van der Waals surface area contributed by atoms with Gasteiger partial charge in [-0.05, 0) is 48.7 Å². The number of rotatable bonds is 9. The van der Waals surface area contributed by atoms with E-state index in [9.17, 15) is 4.79 Å². The number of likely N-dealkylation sites (tertiary alicyclic amines) is 1. The predicted octanol–water partition coefficient (Wildman–Crippen LogP) is 3.01. The van der Waals surface area contributed by atoms with Crippen molar-refractivity contribution in [2.75, 3.05) is 46.2 Å². The third-order valence-corrected chi connectivity index (χ3v) is 7.26. The highest BCUT2D eigenvalue weighted by Gasteiger charge is 2.34. The summed E-state index contributed by atoms with van der Waals surface area (Å²) >= 11 is 6.40. The number of benzene rings is 1. The lowest BCUT2D eigenvalue weighted by Crippen LogP contribution is -2.46. The molecule has 0 radical (unpaired) electrons. The molecule has 8 nitrogen and oxygen atoms in total. The predicted molar refractivity (Wildman–Crippen MR) is 128 cm³/mol. The van der Waals surface area contributed by atoms with E-state index in [0.29, 0.717) is 30.3 Å². The fourth-order valence-electron chi connectivity index (χ4n) is 5.02. The van der Waals surface area contributed by atoms with Gasteiger partial charge in [-0.2, -0.15) is 0 Å². The van der Waals surface area contributed by atoms with E-state index in [2.05, 4.69) is 32.2 Å². The Bertz CT molecular complexity index is 986. The number of nitrogens with one attached hydrogen (secondary N) is 1. The topological polar surface area (TPSA) is 76.2 Å². The zero-order chi connectivity index (χ0) is 23.3. The summed E-state index contributed by atoms with van der Waals surface area (Å²) in [5, 5.41) is 4.16. The second-order valence-corrected chi connectivity index (χ2v) is 9.35. The van der Waals surface area contributed by atoms with Crippen LogP contribution in [0.3, 0.4) is 0 Å². The van der Waals surface area contributed by atoms with E-state index in [-0.39, 0.29) is 24.8 Å². The number of carbonyl (C=O) groups excluding carboxylic acids is 1. The minimum Gasteiger partial charge on any atom is -0.454 e. The molecule has 0 unspecified atom stereocenters. The highest BCUT2D eigenvalue weighted by Crippen LogP contribution is 2.36. The smallest absolute Gasteiger partial charge is 0.231 e. The van der Waals surface area contributed by atoms with Crippen LogP contribution >= 0.6 is 11.6 Å². The van der Waals surface area contributed by atoms with Crippen LogP contribution in [-0.2, 0) is 16.1 Å². The van der Waals surface area contributed by atoms with Crippen molar-refractivity contribution in [1.82, 2.24) is 20.1 Å². The Morgan fingerprint density at radius 3 is 2.71 bits per heavy atom. The molecule has 1 aromatic heterocycles. The van der Waals surface area contributed by atoms with Crippen molar-refractivity contribution in [2.45, 2.75) is 37.9 Å². The van der Waals surface area contributed by atoms with Crippen LogP contribution < -0.4 is 14.8 Å². The van der Waals surface area contributed by atoms with E-state index in [1.54, 1.807) is 0 Å². The molecule has 2 fully saturated rings. The first-order chi connectivity index (χ1) is 16.7. The molecule has 34 heavy (non-hydrogen) atoms.